The van der Waals surface area contributed by atoms with Crippen molar-refractivity contribution in [1.29, 1.82) is 0 Å². The van der Waals surface area contributed by atoms with Crippen molar-refractivity contribution in [2.24, 2.45) is 11.5 Å². The lowest BCUT2D eigenvalue weighted by Gasteiger charge is -2.17. The number of phenolic OH excluding ortho intramolecular Hbond substituents is 1. The summed E-state index contributed by atoms with van der Waals surface area (Å²) in [5, 5.41) is 18.8. The first-order valence-corrected chi connectivity index (χ1v) is 15.7. The monoisotopic (exact) mass is 641 g/mol. The Kier molecular flexibility index (Phi) is 16.0. The third-order valence-corrected chi connectivity index (χ3v) is 6.92. The Balaban J connectivity index is 0.000000587. The summed E-state index contributed by atoms with van der Waals surface area (Å²) >= 11 is 1.84. The number of hydrogen-bond acceptors (Lipinski definition) is 8. The minimum atomic E-state index is -0.599. The normalized spacial score (nSPS) is 10.8. The van der Waals surface area contributed by atoms with Gasteiger partial charge in [-0.05, 0) is 65.3 Å². The van der Waals surface area contributed by atoms with Crippen LogP contribution in [0.4, 0.5) is 0 Å². The van der Waals surface area contributed by atoms with Crippen LogP contribution in [0.5, 0.6) is 5.75 Å². The largest absolute Gasteiger partial charge is 0.508 e. The van der Waals surface area contributed by atoms with Crippen molar-refractivity contribution < 1.29 is 25.4 Å². The van der Waals surface area contributed by atoms with E-state index >= 15 is 0 Å². The Labute approximate surface area is 272 Å². The lowest BCUT2D eigenvalue weighted by Crippen LogP contribution is -2.33. The van der Waals surface area contributed by atoms with Gasteiger partial charge in [-0.15, -0.1) is 11.3 Å². The maximum absolute atomic E-state index is 10.7. The number of nitrogens with zero attached hydrogens (tertiary/aromatic N) is 2. The molecule has 2 aromatic heterocycles. The van der Waals surface area contributed by atoms with Gasteiger partial charge in [-0.1, -0.05) is 84.0 Å². The summed E-state index contributed by atoms with van der Waals surface area (Å²) in [6.45, 7) is 18.6. The number of nitrogens with two attached hydrogens (primary N) is 2. The number of amides is 3. The summed E-state index contributed by atoms with van der Waals surface area (Å²) in [4.78, 5) is 35.2. The summed E-state index contributed by atoms with van der Waals surface area (Å²) in [5.41, 5.74) is 12.7. The summed E-state index contributed by atoms with van der Waals surface area (Å²) in [6.07, 6.45) is -0.210. The SMILES string of the molecule is CC(C)(C)c1csc2ccccc12.CC(C)NC(=O)CC(N)=O.CC(C)c1ccc(O)cc1.CC(C)c1noc(CC(N)=O)n1.[HH]. The summed E-state index contributed by atoms with van der Waals surface area (Å²) < 4.78 is 6.17. The molecule has 10 nitrogen and oxygen atoms in total. The Bertz CT molecular complexity index is 1490. The Morgan fingerprint density at radius 3 is 2.00 bits per heavy atom. The van der Waals surface area contributed by atoms with Crippen molar-refractivity contribution in [1.82, 2.24) is 15.5 Å². The topological polar surface area (TPSA) is 174 Å². The van der Waals surface area contributed by atoms with Crippen LogP contribution >= 0.6 is 11.3 Å². The van der Waals surface area contributed by atoms with Crippen LogP contribution in [0, 0.1) is 0 Å². The van der Waals surface area contributed by atoms with Crippen molar-refractivity contribution in [2.45, 2.75) is 98.4 Å². The fourth-order valence-electron chi connectivity index (χ4n) is 3.67. The van der Waals surface area contributed by atoms with Crippen molar-refractivity contribution >= 4 is 39.1 Å². The van der Waals surface area contributed by atoms with E-state index in [2.05, 4.69) is 79.7 Å². The van der Waals surface area contributed by atoms with Crippen molar-refractivity contribution in [3.63, 3.8) is 0 Å². The van der Waals surface area contributed by atoms with Gasteiger partial charge in [0.15, 0.2) is 5.82 Å². The lowest BCUT2D eigenvalue weighted by molar-refractivity contribution is -0.128. The van der Waals surface area contributed by atoms with Gasteiger partial charge in [-0.2, -0.15) is 4.98 Å². The number of benzene rings is 2. The van der Waals surface area contributed by atoms with Crippen LogP contribution < -0.4 is 16.8 Å². The van der Waals surface area contributed by atoms with E-state index in [0.717, 1.165) is 0 Å². The molecule has 11 heteroatoms. The lowest BCUT2D eigenvalue weighted by atomic mass is 9.87. The van der Waals surface area contributed by atoms with E-state index in [9.17, 15) is 14.4 Å². The molecule has 2 heterocycles. The number of primary amides is 2. The molecule has 0 fully saturated rings. The fraction of sp³-hybridized carbons (Fsp3) is 0.441. The summed E-state index contributed by atoms with van der Waals surface area (Å²) in [7, 11) is 0. The second-order valence-electron chi connectivity index (χ2n) is 12.4. The highest BCUT2D eigenvalue weighted by atomic mass is 32.1. The second-order valence-corrected chi connectivity index (χ2v) is 13.3. The number of thiophene rings is 1. The maximum Gasteiger partial charge on any atom is 0.236 e. The Hall–Kier alpha value is -4.25. The number of phenols is 1. The van der Waals surface area contributed by atoms with Gasteiger partial charge in [-0.25, -0.2) is 0 Å². The molecule has 0 atom stereocenters. The van der Waals surface area contributed by atoms with Crippen LogP contribution in [0.1, 0.15) is 105 Å². The number of aromatic nitrogens is 2. The quantitative estimate of drug-likeness (QED) is 0.165. The molecule has 6 N–H and O–H groups in total. The van der Waals surface area contributed by atoms with E-state index in [1.807, 2.05) is 51.2 Å². The average Bonchev–Trinajstić information content (AvgIpc) is 3.56. The van der Waals surface area contributed by atoms with Gasteiger partial charge >= 0.3 is 0 Å². The first kappa shape index (κ1) is 38.8. The minimum absolute atomic E-state index is 0. The predicted octanol–water partition coefficient (Wildman–Crippen LogP) is 6.57. The first-order valence-electron chi connectivity index (χ1n) is 14.8. The van der Waals surface area contributed by atoms with Gasteiger partial charge in [0.1, 0.15) is 18.6 Å². The van der Waals surface area contributed by atoms with Crippen molar-refractivity contribution in [3.8, 4) is 5.75 Å². The molecule has 0 bridgehead atoms. The molecular weight excluding hydrogens is 590 g/mol. The molecule has 4 aromatic rings. The van der Waals surface area contributed by atoms with Crippen molar-refractivity contribution in [2.75, 3.05) is 0 Å². The molecule has 0 saturated carbocycles. The molecule has 0 aliphatic rings. The molecule has 0 unspecified atom stereocenters. The van der Waals surface area contributed by atoms with Gasteiger partial charge in [-0.3, -0.25) is 14.4 Å². The molecule has 4 rings (SSSR count). The standard InChI is InChI=1S/C12H14S.C9H12O.C7H11N3O2.C6H12N2O2.H2/c1-12(2,3)10-8-13-11-7-5-4-6-9(10)11;1-7(2)8-3-5-9(10)6-4-8;1-4(2)7-9-6(12-10-7)3-5(8)11;1-4(2)8-6(10)3-5(7)9;/h4-8H,1-3H3;3-7,10H,1-2H3;4H,3H2,1-2H3,(H2,8,11);4H,3H2,1-2H3,(H2,7,9)(H,8,10);1H. The molecule has 0 aliphatic carbocycles. The molecule has 248 valence electrons. The van der Waals surface area contributed by atoms with E-state index in [0.29, 0.717) is 17.5 Å². The van der Waals surface area contributed by atoms with E-state index in [1.165, 1.54) is 21.2 Å². The zero-order chi connectivity index (χ0) is 34.3. The molecule has 2 aromatic carbocycles. The molecule has 0 radical (unpaired) electrons. The van der Waals surface area contributed by atoms with Crippen LogP contribution in [0.3, 0.4) is 0 Å². The Morgan fingerprint density at radius 2 is 1.53 bits per heavy atom. The van der Waals surface area contributed by atoms with Crippen molar-refractivity contribution in [3.05, 3.63) is 76.8 Å². The zero-order valence-electron chi connectivity index (χ0n) is 27.9. The molecule has 0 spiro atoms. The third kappa shape index (κ3) is 15.3. The minimum Gasteiger partial charge on any atom is -0.508 e. The van der Waals surface area contributed by atoms with Crippen LogP contribution in [-0.4, -0.2) is 39.0 Å². The number of hydrogen-bond donors (Lipinski definition) is 4. The van der Waals surface area contributed by atoms with E-state index in [-0.39, 0.29) is 43.4 Å². The first-order chi connectivity index (χ1) is 20.9. The highest BCUT2D eigenvalue weighted by Gasteiger charge is 2.17. The summed E-state index contributed by atoms with van der Waals surface area (Å²) in [6, 6.07) is 16.0. The van der Waals surface area contributed by atoms with E-state index < -0.39 is 11.8 Å². The number of carbonyl (C=O) groups excluding carboxylic acids is 3. The van der Waals surface area contributed by atoms with Gasteiger partial charge in [0.05, 0.1) is 0 Å². The smallest absolute Gasteiger partial charge is 0.236 e. The van der Waals surface area contributed by atoms with Crippen LogP contribution in [0.2, 0.25) is 0 Å². The highest BCUT2D eigenvalue weighted by Crippen LogP contribution is 2.34. The van der Waals surface area contributed by atoms with Crippen LogP contribution in [0.15, 0.2) is 58.4 Å². The maximum atomic E-state index is 10.7. The van der Waals surface area contributed by atoms with E-state index in [1.54, 1.807) is 12.1 Å². The summed E-state index contributed by atoms with van der Waals surface area (Å²) in [5.74, 6) is 0.590. The predicted molar refractivity (Wildman–Crippen MR) is 183 cm³/mol. The number of aromatic hydroxyl groups is 1. The molecule has 3 amide bonds. The van der Waals surface area contributed by atoms with Gasteiger partial charge in [0.2, 0.25) is 23.6 Å². The molecule has 45 heavy (non-hydrogen) atoms. The second kappa shape index (κ2) is 18.5. The van der Waals surface area contributed by atoms with E-state index in [4.69, 9.17) is 21.1 Å². The number of rotatable bonds is 7. The number of fused-ring (bicyclic) bond motifs is 1. The van der Waals surface area contributed by atoms with Gasteiger partial charge in [0, 0.05) is 18.1 Å². The van der Waals surface area contributed by atoms with Crippen LogP contribution in [0.25, 0.3) is 10.1 Å². The highest BCUT2D eigenvalue weighted by molar-refractivity contribution is 7.17. The number of nitrogens with one attached hydrogen (secondary N) is 1. The molecule has 0 aliphatic heterocycles. The zero-order valence-corrected chi connectivity index (χ0v) is 28.7. The molecular formula is C34H51N5O5S. The van der Waals surface area contributed by atoms with Gasteiger partial charge in [0.25, 0.3) is 0 Å². The van der Waals surface area contributed by atoms with Gasteiger partial charge < -0.3 is 26.4 Å². The average molecular weight is 642 g/mol. The fourth-order valence-corrected chi connectivity index (χ4v) is 4.86. The Morgan fingerprint density at radius 1 is 0.933 bits per heavy atom. The van der Waals surface area contributed by atoms with Crippen LogP contribution in [-0.2, 0) is 26.2 Å². The number of carbonyl (C=O) groups is 3. The third-order valence-electron chi connectivity index (χ3n) is 5.96. The molecule has 0 saturated heterocycles.